The second-order valence-corrected chi connectivity index (χ2v) is 5.84. The maximum Gasteiger partial charge on any atom is 0.192 e. The van der Waals surface area contributed by atoms with Crippen LogP contribution < -0.4 is 0 Å². The third-order valence-corrected chi connectivity index (χ3v) is 3.83. The third kappa shape index (κ3) is 2.05. The Balaban J connectivity index is 2.52. The van der Waals surface area contributed by atoms with Gasteiger partial charge in [0.15, 0.2) is 11.7 Å². The number of nitrogens with zero attached hydrogens (tertiary/aromatic N) is 1. The van der Waals surface area contributed by atoms with Crippen molar-refractivity contribution < 1.29 is 4.42 Å². The predicted molar refractivity (Wildman–Crippen MR) is 70.8 cm³/mol. The average molecular weight is 233 g/mol. The number of hydrogen-bond acceptors (Lipinski definition) is 2. The molecule has 94 valence electrons. The van der Waals surface area contributed by atoms with Crippen molar-refractivity contribution in [1.82, 2.24) is 4.98 Å². The standard InChI is InChI=1S/C15H23NO/c1-8(2)12-7-13-15(16-11(6)17-13)10(5)14(12)9(3)4/h7-10,14H,1-6H3. The fourth-order valence-electron chi connectivity index (χ4n) is 3.11. The Hall–Kier alpha value is -1.05. The van der Waals surface area contributed by atoms with Crippen LogP contribution in [-0.4, -0.2) is 4.98 Å². The highest BCUT2D eigenvalue weighted by Crippen LogP contribution is 2.44. The summed E-state index contributed by atoms with van der Waals surface area (Å²) < 4.78 is 5.70. The van der Waals surface area contributed by atoms with Gasteiger partial charge in [-0.05, 0) is 23.8 Å². The van der Waals surface area contributed by atoms with Gasteiger partial charge in [-0.3, -0.25) is 0 Å². The van der Waals surface area contributed by atoms with Gasteiger partial charge in [0.2, 0.25) is 0 Å². The molecule has 17 heavy (non-hydrogen) atoms. The summed E-state index contributed by atoms with van der Waals surface area (Å²) in [6.07, 6.45) is 2.23. The molecule has 0 bridgehead atoms. The van der Waals surface area contributed by atoms with Crippen LogP contribution in [0.25, 0.3) is 6.08 Å². The minimum atomic E-state index is 0.463. The van der Waals surface area contributed by atoms with E-state index in [1.54, 1.807) is 0 Å². The van der Waals surface area contributed by atoms with E-state index < -0.39 is 0 Å². The van der Waals surface area contributed by atoms with Crippen LogP contribution in [0.15, 0.2) is 9.99 Å². The second kappa shape index (κ2) is 4.32. The number of oxazole rings is 1. The lowest BCUT2D eigenvalue weighted by molar-refractivity contribution is 0.350. The molecule has 1 aliphatic carbocycles. The van der Waals surface area contributed by atoms with Crippen molar-refractivity contribution in [2.75, 3.05) is 0 Å². The van der Waals surface area contributed by atoms with Crippen LogP contribution in [0, 0.1) is 24.7 Å². The Bertz CT molecular complexity index is 440. The van der Waals surface area contributed by atoms with Gasteiger partial charge in [-0.15, -0.1) is 0 Å². The van der Waals surface area contributed by atoms with E-state index in [9.17, 15) is 0 Å². The molecule has 0 amide bonds. The maximum absolute atomic E-state index is 5.70. The average Bonchev–Trinajstić information content (AvgIpc) is 2.57. The van der Waals surface area contributed by atoms with Crippen LogP contribution in [0.5, 0.6) is 0 Å². The topological polar surface area (TPSA) is 26.0 Å². The van der Waals surface area contributed by atoms with Crippen molar-refractivity contribution in [2.24, 2.45) is 17.8 Å². The molecule has 2 rings (SSSR count). The van der Waals surface area contributed by atoms with Gasteiger partial charge >= 0.3 is 0 Å². The summed E-state index contributed by atoms with van der Waals surface area (Å²) in [5.41, 5.74) is 2.65. The fraction of sp³-hybridized carbons (Fsp3) is 0.667. The molecular weight excluding hydrogens is 210 g/mol. The zero-order chi connectivity index (χ0) is 12.7. The van der Waals surface area contributed by atoms with Crippen LogP contribution in [0.1, 0.15) is 57.9 Å². The summed E-state index contributed by atoms with van der Waals surface area (Å²) in [6, 6.07) is 0. The second-order valence-electron chi connectivity index (χ2n) is 5.84. The fourth-order valence-corrected chi connectivity index (χ4v) is 3.11. The molecule has 1 aromatic rings. The summed E-state index contributed by atoms with van der Waals surface area (Å²) in [6.45, 7) is 13.3. The van der Waals surface area contributed by atoms with Crippen molar-refractivity contribution >= 4 is 6.08 Å². The highest BCUT2D eigenvalue weighted by molar-refractivity contribution is 5.56. The molecule has 0 spiro atoms. The minimum absolute atomic E-state index is 0.463. The largest absolute Gasteiger partial charge is 0.441 e. The van der Waals surface area contributed by atoms with E-state index in [1.807, 2.05) is 6.92 Å². The zero-order valence-electron chi connectivity index (χ0n) is 11.7. The SMILES string of the molecule is Cc1nc2c(o1)C=C(C(C)C)C(C(C)C)C2C. The molecule has 0 saturated heterocycles. The lowest BCUT2D eigenvalue weighted by Gasteiger charge is -2.34. The molecule has 1 aliphatic rings. The molecular formula is C15H23NO. The highest BCUT2D eigenvalue weighted by atomic mass is 16.4. The van der Waals surface area contributed by atoms with Crippen molar-refractivity contribution in [1.29, 1.82) is 0 Å². The van der Waals surface area contributed by atoms with E-state index >= 15 is 0 Å². The highest BCUT2D eigenvalue weighted by Gasteiger charge is 2.34. The van der Waals surface area contributed by atoms with Gasteiger partial charge in [-0.25, -0.2) is 4.98 Å². The van der Waals surface area contributed by atoms with Gasteiger partial charge < -0.3 is 4.42 Å². The van der Waals surface area contributed by atoms with E-state index in [-0.39, 0.29) is 0 Å². The predicted octanol–water partition coefficient (Wildman–Crippen LogP) is 4.41. The first kappa shape index (κ1) is 12.4. The number of aromatic nitrogens is 1. The molecule has 0 saturated carbocycles. The van der Waals surface area contributed by atoms with E-state index in [2.05, 4.69) is 45.7 Å². The van der Waals surface area contributed by atoms with Crippen molar-refractivity contribution in [3.8, 4) is 0 Å². The van der Waals surface area contributed by atoms with Crippen molar-refractivity contribution in [2.45, 2.75) is 47.5 Å². The number of allylic oxidation sites excluding steroid dienone is 1. The number of fused-ring (bicyclic) bond motifs is 1. The van der Waals surface area contributed by atoms with Crippen LogP contribution in [0.4, 0.5) is 0 Å². The summed E-state index contributed by atoms with van der Waals surface area (Å²) in [4.78, 5) is 4.55. The van der Waals surface area contributed by atoms with Crippen LogP contribution in [0.3, 0.4) is 0 Å². The Morgan fingerprint density at radius 3 is 2.41 bits per heavy atom. The molecule has 0 N–H and O–H groups in total. The Kier molecular flexibility index (Phi) is 3.15. The number of rotatable bonds is 2. The van der Waals surface area contributed by atoms with Gasteiger partial charge in [0.1, 0.15) is 0 Å². The Morgan fingerprint density at radius 2 is 1.88 bits per heavy atom. The number of hydrogen-bond donors (Lipinski definition) is 0. The van der Waals surface area contributed by atoms with Crippen LogP contribution in [0.2, 0.25) is 0 Å². The lowest BCUT2D eigenvalue weighted by Crippen LogP contribution is -2.25. The maximum atomic E-state index is 5.70. The molecule has 1 aromatic heterocycles. The van der Waals surface area contributed by atoms with Crippen LogP contribution >= 0.6 is 0 Å². The van der Waals surface area contributed by atoms with Gasteiger partial charge in [0.25, 0.3) is 0 Å². The molecule has 0 radical (unpaired) electrons. The molecule has 0 aliphatic heterocycles. The first-order chi connectivity index (χ1) is 7.91. The smallest absolute Gasteiger partial charge is 0.192 e. The molecule has 2 unspecified atom stereocenters. The third-order valence-electron chi connectivity index (χ3n) is 3.83. The first-order valence-electron chi connectivity index (χ1n) is 6.60. The summed E-state index contributed by atoms with van der Waals surface area (Å²) in [5, 5.41) is 0. The quantitative estimate of drug-likeness (QED) is 0.756. The van der Waals surface area contributed by atoms with Crippen LogP contribution in [-0.2, 0) is 0 Å². The molecule has 2 atom stereocenters. The molecule has 0 fully saturated rings. The molecule has 0 aromatic carbocycles. The summed E-state index contributed by atoms with van der Waals surface area (Å²) in [5.74, 6) is 4.03. The monoisotopic (exact) mass is 233 g/mol. The zero-order valence-corrected chi connectivity index (χ0v) is 11.7. The summed E-state index contributed by atoms with van der Waals surface area (Å²) in [7, 11) is 0. The van der Waals surface area contributed by atoms with Gasteiger partial charge in [0, 0.05) is 12.8 Å². The molecule has 2 nitrogen and oxygen atoms in total. The Morgan fingerprint density at radius 1 is 1.24 bits per heavy atom. The molecule has 1 heterocycles. The first-order valence-corrected chi connectivity index (χ1v) is 6.60. The lowest BCUT2D eigenvalue weighted by atomic mass is 9.71. The Labute approximate surface area is 104 Å². The minimum Gasteiger partial charge on any atom is -0.441 e. The van der Waals surface area contributed by atoms with Crippen molar-refractivity contribution in [3.63, 3.8) is 0 Å². The van der Waals surface area contributed by atoms with Gasteiger partial charge in [-0.1, -0.05) is 40.2 Å². The van der Waals surface area contributed by atoms with Crippen molar-refractivity contribution in [3.05, 3.63) is 22.9 Å². The van der Waals surface area contributed by atoms with E-state index in [1.165, 1.54) is 5.57 Å². The molecule has 2 heteroatoms. The normalized spacial score (nSPS) is 24.1. The van der Waals surface area contributed by atoms with Gasteiger partial charge in [0.05, 0.1) is 5.69 Å². The number of aryl methyl sites for hydroxylation is 1. The van der Waals surface area contributed by atoms with E-state index in [0.717, 1.165) is 17.3 Å². The summed E-state index contributed by atoms with van der Waals surface area (Å²) >= 11 is 0. The van der Waals surface area contributed by atoms with Gasteiger partial charge in [-0.2, -0.15) is 0 Å². The van der Waals surface area contributed by atoms with E-state index in [0.29, 0.717) is 23.7 Å². The van der Waals surface area contributed by atoms with E-state index in [4.69, 9.17) is 4.42 Å².